The summed E-state index contributed by atoms with van der Waals surface area (Å²) in [5, 5.41) is 4.73. The van der Waals surface area contributed by atoms with Crippen LogP contribution < -0.4 is 0 Å². The first-order valence-electron chi connectivity index (χ1n) is 8.47. The molecule has 0 N–H and O–H groups in total. The molecule has 0 atom stereocenters. The first kappa shape index (κ1) is 15.3. The number of pyridine rings is 1. The maximum atomic E-state index is 4.73. The molecule has 0 bridgehead atoms. The number of benzene rings is 2. The summed E-state index contributed by atoms with van der Waals surface area (Å²) in [6.07, 6.45) is 6.68. The maximum Gasteiger partial charge on any atom is 0.0923 e. The van der Waals surface area contributed by atoms with E-state index in [2.05, 4.69) is 65.6 Å². The largest absolute Gasteiger partial charge is 0.272 e. The molecule has 4 rings (SSSR count). The van der Waals surface area contributed by atoms with Gasteiger partial charge in [0.1, 0.15) is 0 Å². The molecule has 0 aliphatic rings. The average Bonchev–Trinajstić information content (AvgIpc) is 3.17. The summed E-state index contributed by atoms with van der Waals surface area (Å²) in [6.45, 7) is 0.851. The average molecular weight is 325 g/mol. The van der Waals surface area contributed by atoms with Gasteiger partial charge in [-0.1, -0.05) is 54.6 Å². The van der Waals surface area contributed by atoms with E-state index in [1.54, 1.807) is 6.20 Å². The predicted molar refractivity (Wildman–Crippen MR) is 101 cm³/mol. The Morgan fingerprint density at radius 1 is 0.760 bits per heavy atom. The van der Waals surface area contributed by atoms with Gasteiger partial charge >= 0.3 is 0 Å². The van der Waals surface area contributed by atoms with E-state index >= 15 is 0 Å². The number of aryl methyl sites for hydroxylation is 2. The standard InChI is InChI=1S/C22H19N3/c1-2-7-19(8-3-1)20-9-4-10-21(16-20)22-12-15-25(24-22)14-11-18-6-5-13-23-17-18/h1-10,12-13,15-17H,11,14H2. The Kier molecular flexibility index (Phi) is 4.38. The van der Waals surface area contributed by atoms with E-state index in [9.17, 15) is 0 Å². The minimum absolute atomic E-state index is 0.851. The van der Waals surface area contributed by atoms with Gasteiger partial charge in [-0.3, -0.25) is 9.67 Å². The van der Waals surface area contributed by atoms with Crippen LogP contribution in [-0.2, 0) is 13.0 Å². The summed E-state index contributed by atoms with van der Waals surface area (Å²) < 4.78 is 2.00. The lowest BCUT2D eigenvalue weighted by atomic mass is 10.0. The number of rotatable bonds is 5. The Labute approximate surface area is 147 Å². The van der Waals surface area contributed by atoms with Gasteiger partial charge in [-0.05, 0) is 41.3 Å². The molecule has 0 amide bonds. The fraction of sp³-hybridized carbons (Fsp3) is 0.0909. The molecule has 3 heteroatoms. The second-order valence-electron chi connectivity index (χ2n) is 6.02. The number of nitrogens with zero attached hydrogens (tertiary/aromatic N) is 3. The monoisotopic (exact) mass is 325 g/mol. The van der Waals surface area contributed by atoms with Crippen molar-refractivity contribution in [2.45, 2.75) is 13.0 Å². The highest BCUT2D eigenvalue weighted by atomic mass is 15.3. The normalized spacial score (nSPS) is 10.7. The Bertz CT molecular complexity index is 943. The molecule has 3 nitrogen and oxygen atoms in total. The summed E-state index contributed by atoms with van der Waals surface area (Å²) in [7, 11) is 0. The number of aromatic nitrogens is 3. The molecule has 0 fully saturated rings. The smallest absolute Gasteiger partial charge is 0.0923 e. The fourth-order valence-electron chi connectivity index (χ4n) is 2.92. The number of hydrogen-bond acceptors (Lipinski definition) is 2. The fourth-order valence-corrected chi connectivity index (χ4v) is 2.92. The zero-order valence-corrected chi connectivity index (χ0v) is 13.9. The SMILES string of the molecule is c1ccc(-c2cccc(-c3ccn(CCc4cccnc4)n3)c2)cc1. The zero-order valence-electron chi connectivity index (χ0n) is 13.9. The van der Waals surface area contributed by atoms with Gasteiger partial charge in [0.2, 0.25) is 0 Å². The molecule has 0 spiro atoms. The van der Waals surface area contributed by atoms with Crippen LogP contribution in [0.15, 0.2) is 91.4 Å². The topological polar surface area (TPSA) is 30.7 Å². The van der Waals surface area contributed by atoms with Gasteiger partial charge in [-0.15, -0.1) is 0 Å². The molecule has 4 aromatic rings. The molecule has 2 aromatic carbocycles. The molecular formula is C22H19N3. The summed E-state index contributed by atoms with van der Waals surface area (Å²) in [5.74, 6) is 0. The van der Waals surface area contributed by atoms with Crippen molar-refractivity contribution < 1.29 is 0 Å². The molecule has 122 valence electrons. The van der Waals surface area contributed by atoms with E-state index in [0.29, 0.717) is 0 Å². The molecule has 0 unspecified atom stereocenters. The van der Waals surface area contributed by atoms with E-state index in [4.69, 9.17) is 5.10 Å². The first-order chi connectivity index (χ1) is 12.4. The molecule has 0 saturated heterocycles. The van der Waals surface area contributed by atoms with Crippen molar-refractivity contribution >= 4 is 0 Å². The van der Waals surface area contributed by atoms with Crippen molar-refractivity contribution in [3.05, 3.63) is 97.0 Å². The minimum Gasteiger partial charge on any atom is -0.272 e. The second kappa shape index (κ2) is 7.14. The van der Waals surface area contributed by atoms with Gasteiger partial charge in [0.25, 0.3) is 0 Å². The Morgan fingerprint density at radius 2 is 1.60 bits per heavy atom. The van der Waals surface area contributed by atoms with Gasteiger partial charge in [-0.2, -0.15) is 5.10 Å². The number of hydrogen-bond donors (Lipinski definition) is 0. The van der Waals surface area contributed by atoms with Gasteiger partial charge in [-0.25, -0.2) is 0 Å². The predicted octanol–water partition coefficient (Wildman–Crippen LogP) is 4.85. The highest BCUT2D eigenvalue weighted by Gasteiger charge is 2.05. The van der Waals surface area contributed by atoms with Gasteiger partial charge in [0.05, 0.1) is 5.69 Å². The lowest BCUT2D eigenvalue weighted by molar-refractivity contribution is 0.616. The third-order valence-electron chi connectivity index (χ3n) is 4.26. The molecule has 2 aromatic heterocycles. The van der Waals surface area contributed by atoms with Crippen molar-refractivity contribution in [3.63, 3.8) is 0 Å². The van der Waals surface area contributed by atoms with Crippen LogP contribution in [-0.4, -0.2) is 14.8 Å². The van der Waals surface area contributed by atoms with Gasteiger partial charge < -0.3 is 0 Å². The van der Waals surface area contributed by atoms with E-state index in [-0.39, 0.29) is 0 Å². The molecule has 2 heterocycles. The van der Waals surface area contributed by atoms with Crippen LogP contribution in [0, 0.1) is 0 Å². The van der Waals surface area contributed by atoms with E-state index in [1.165, 1.54) is 16.7 Å². The van der Waals surface area contributed by atoms with Crippen LogP contribution in [0.3, 0.4) is 0 Å². The van der Waals surface area contributed by atoms with Crippen LogP contribution in [0.2, 0.25) is 0 Å². The summed E-state index contributed by atoms with van der Waals surface area (Å²) in [6, 6.07) is 25.1. The lowest BCUT2D eigenvalue weighted by Crippen LogP contribution is -2.02. The molecular weight excluding hydrogens is 306 g/mol. The summed E-state index contributed by atoms with van der Waals surface area (Å²) in [5.41, 5.74) is 5.81. The quantitative estimate of drug-likeness (QED) is 0.525. The Balaban J connectivity index is 1.52. The molecule has 25 heavy (non-hydrogen) atoms. The van der Waals surface area contributed by atoms with Gasteiger partial charge in [0.15, 0.2) is 0 Å². The second-order valence-corrected chi connectivity index (χ2v) is 6.02. The Morgan fingerprint density at radius 3 is 2.44 bits per heavy atom. The zero-order chi connectivity index (χ0) is 16.9. The van der Waals surface area contributed by atoms with Crippen molar-refractivity contribution in [2.75, 3.05) is 0 Å². The first-order valence-corrected chi connectivity index (χ1v) is 8.47. The van der Waals surface area contributed by atoms with Crippen molar-refractivity contribution in [1.29, 1.82) is 0 Å². The highest BCUT2D eigenvalue weighted by Crippen LogP contribution is 2.25. The third kappa shape index (κ3) is 3.66. The molecule has 0 saturated carbocycles. The highest BCUT2D eigenvalue weighted by molar-refractivity contribution is 5.71. The van der Waals surface area contributed by atoms with Crippen molar-refractivity contribution in [1.82, 2.24) is 14.8 Å². The van der Waals surface area contributed by atoms with E-state index in [1.807, 2.05) is 29.2 Å². The van der Waals surface area contributed by atoms with Gasteiger partial charge in [0, 0.05) is 30.7 Å². The maximum absolute atomic E-state index is 4.73. The Hall–Kier alpha value is -3.20. The molecule has 0 radical (unpaired) electrons. The van der Waals surface area contributed by atoms with Crippen LogP contribution in [0.1, 0.15) is 5.56 Å². The van der Waals surface area contributed by atoms with Crippen LogP contribution in [0.5, 0.6) is 0 Å². The minimum atomic E-state index is 0.851. The van der Waals surface area contributed by atoms with E-state index < -0.39 is 0 Å². The van der Waals surface area contributed by atoms with Crippen LogP contribution in [0.4, 0.5) is 0 Å². The molecule has 0 aliphatic carbocycles. The third-order valence-corrected chi connectivity index (χ3v) is 4.26. The summed E-state index contributed by atoms with van der Waals surface area (Å²) in [4.78, 5) is 4.16. The summed E-state index contributed by atoms with van der Waals surface area (Å²) >= 11 is 0. The molecule has 0 aliphatic heterocycles. The van der Waals surface area contributed by atoms with Crippen molar-refractivity contribution in [2.24, 2.45) is 0 Å². The van der Waals surface area contributed by atoms with Crippen LogP contribution in [0.25, 0.3) is 22.4 Å². The van der Waals surface area contributed by atoms with E-state index in [0.717, 1.165) is 24.2 Å². The van der Waals surface area contributed by atoms with Crippen LogP contribution >= 0.6 is 0 Å². The lowest BCUT2D eigenvalue weighted by Gasteiger charge is -2.04. The van der Waals surface area contributed by atoms with Crippen molar-refractivity contribution in [3.8, 4) is 22.4 Å².